The predicted octanol–water partition coefficient (Wildman–Crippen LogP) is 17.3. The third kappa shape index (κ3) is 20.3. The number of carbonyl (C=O) groups excluding carboxylic acids is 1. The normalized spacial score (nSPS) is 21.0. The van der Waals surface area contributed by atoms with Crippen LogP contribution >= 0.6 is 125 Å². The van der Waals surface area contributed by atoms with Gasteiger partial charge >= 0.3 is 97.2 Å². The summed E-state index contributed by atoms with van der Waals surface area (Å²) in [5.41, 5.74) is 44.7. The monoisotopic (exact) mass is 2510 g/mol. The molecule has 4 saturated heterocycles. The van der Waals surface area contributed by atoms with Gasteiger partial charge < -0.3 is 25.0 Å². The van der Waals surface area contributed by atoms with E-state index in [-0.39, 0.29) is 91.7 Å². The van der Waals surface area contributed by atoms with Crippen LogP contribution in [0.1, 0.15) is 190 Å². The van der Waals surface area contributed by atoms with Crippen molar-refractivity contribution in [1.82, 2.24) is 44.4 Å². The summed E-state index contributed by atoms with van der Waals surface area (Å²) in [6, 6.07) is 44.2. The summed E-state index contributed by atoms with van der Waals surface area (Å²) in [6.07, 6.45) is 31.2. The minimum atomic E-state index is -1.90. The van der Waals surface area contributed by atoms with E-state index in [2.05, 4.69) is 138 Å². The van der Waals surface area contributed by atoms with Crippen LogP contribution in [0.2, 0.25) is 0 Å². The molecule has 28 rings (SSSR count). The van der Waals surface area contributed by atoms with E-state index in [0.29, 0.717) is 66.8 Å². The number of nitrogens with one attached hydrogen (secondary N) is 2. The molecule has 0 amide bonds. The van der Waals surface area contributed by atoms with E-state index in [9.17, 15) is 12.8 Å². The van der Waals surface area contributed by atoms with Crippen molar-refractivity contribution in [3.8, 4) is 45.0 Å². The third-order valence-electron chi connectivity index (χ3n) is 29.9. The van der Waals surface area contributed by atoms with Gasteiger partial charge in [-0.25, -0.2) is 19.9 Å². The Morgan fingerprint density at radius 1 is 0.545 bits per heavy atom. The number of hydrogen-bond donors (Lipinski definition) is 3. The first-order valence-corrected chi connectivity index (χ1v) is 68.4. The Hall–Kier alpha value is -3.51. The molecule has 3 N–H and O–H groups in total. The summed E-state index contributed by atoms with van der Waals surface area (Å²) in [6.45, 7) is 6.86. The molecule has 13 atom stereocenters. The zero-order valence-electron chi connectivity index (χ0n) is 92.8. The summed E-state index contributed by atoms with van der Waals surface area (Å²) >= 11 is 0. The average Bonchev–Trinajstić information content (AvgIpc) is 1.46. The largest absolute Gasteiger partial charge is 2.00 e. The quantitative estimate of drug-likeness (QED) is 0.0374. The second-order valence-corrected chi connectivity index (χ2v) is 71.9. The Balaban J connectivity index is 0.000000134. The second kappa shape index (κ2) is 46.0. The first-order chi connectivity index (χ1) is 74.5. The summed E-state index contributed by atoms with van der Waals surface area (Å²) in [4.78, 5) is 51.4. The van der Waals surface area contributed by atoms with Gasteiger partial charge in [0.15, 0.2) is 68.5 Å². The van der Waals surface area contributed by atoms with E-state index >= 15 is 0 Å². The van der Waals surface area contributed by atoms with Crippen LogP contribution in [0.5, 0.6) is 0 Å². The Morgan fingerprint density at radius 3 is 1.41 bits per heavy atom. The third-order valence-corrected chi connectivity index (χ3v) is 68.3. The van der Waals surface area contributed by atoms with Crippen LogP contribution in [0.4, 0.5) is 0 Å². The molecular weight excluding hydrogens is 2380 g/mol. The van der Waals surface area contributed by atoms with Gasteiger partial charge in [-0.3, -0.25) is 9.36 Å². The van der Waals surface area contributed by atoms with Gasteiger partial charge in [-0.1, -0.05) is 155 Å². The van der Waals surface area contributed by atoms with Gasteiger partial charge in [0.1, 0.15) is 6.29 Å². The number of aromatic amines is 2. The van der Waals surface area contributed by atoms with Crippen molar-refractivity contribution in [3.63, 3.8) is 0 Å². The van der Waals surface area contributed by atoms with Crippen LogP contribution < -0.4 is 53.7 Å². The number of aliphatic hydroxyl groups excluding tert-OH is 1. The van der Waals surface area contributed by atoms with Gasteiger partial charge in [-0.05, 0) is 267 Å². The van der Waals surface area contributed by atoms with Gasteiger partial charge in [-0.15, -0.1) is 22.1 Å². The van der Waals surface area contributed by atoms with E-state index in [1.807, 2.05) is 128 Å². The fraction of sp³-hybridized carbons (Fsp3) is 0.255. The maximum atomic E-state index is 10.9. The number of allylic oxidation sites excluding steroid dienone is 10. The van der Waals surface area contributed by atoms with E-state index in [0.717, 1.165) is 253 Å². The second-order valence-electron chi connectivity index (χ2n) is 37.9. The van der Waals surface area contributed by atoms with Crippen molar-refractivity contribution in [1.29, 1.82) is 17.1 Å². The van der Waals surface area contributed by atoms with Gasteiger partial charge in [0.2, 0.25) is 12.4 Å². The molecule has 41 heteroatoms. The molecule has 17 heterocycles. The van der Waals surface area contributed by atoms with Crippen molar-refractivity contribution in [2.75, 3.05) is 12.4 Å². The van der Waals surface area contributed by atoms with Gasteiger partial charge in [0, 0.05) is 107 Å². The van der Waals surface area contributed by atoms with Crippen molar-refractivity contribution in [2.24, 2.45) is 0 Å². The van der Waals surface area contributed by atoms with Crippen molar-refractivity contribution in [3.05, 3.63) is 242 Å². The summed E-state index contributed by atoms with van der Waals surface area (Å²) in [7, 11) is 20.9. The summed E-state index contributed by atoms with van der Waals surface area (Å²) in [5.74, 6) is 1.17. The number of aldehydes is 1. The van der Waals surface area contributed by atoms with E-state index in [1.54, 1.807) is 11.1 Å². The number of aliphatic hydroxyl groups is 1. The number of H-pyrrole nitrogens is 2. The molecule has 16 aliphatic rings. The Labute approximate surface area is 925 Å². The number of hydrogen-bond acceptors (Lipinski definition) is 6. The van der Waals surface area contributed by atoms with E-state index < -0.39 is 54.6 Å². The van der Waals surface area contributed by atoms with Crippen LogP contribution in [0.15, 0.2) is 175 Å². The zero-order chi connectivity index (χ0) is 107. The molecule has 143 heavy (non-hydrogen) atoms. The van der Waals surface area contributed by atoms with Gasteiger partial charge in [0.05, 0.1) is 56.8 Å². The SMILES string of the molecule is C1=C2CCCCC2=CC1.CC1=[N+]2Cn3c(C)ccc3C(c3ccc(C=O)cc3)=C2C=C1.[2H]P[B]CO.[2H]P[B]c1c2nc(c(B([2H])P)c3[n-]c(c(B([2H])P)c4nc(c(B([2H])P)c5[n-]c1c1ccccc51)-c1ccccc1-4)c1ccccc31)-c1ccccc1-2.[2H]P[B]c1c2nc(c(B([2H])P)c3nc(c(B([2H])P)c4[nH]c(c5c4CCCC5)c(B([2H])P)c4[nH]c1c1c4CCCC1)C1=C3CCCC1)C1=C2CCCC1.[2H][B]P12([3H])CP1P2.[2H][B]P12([3H])[B]P1P2.[HH].[Pt+2].[Pt]. The number of aryl methyl sites for hydroxylation is 5. The number of nitrogens with zero attached hydrogens (tertiary/aromatic N) is 8. The smallest absolute Gasteiger partial charge is 0 e. The first-order valence-electron chi connectivity index (χ1n) is 56.0. The number of benzene rings is 5. The standard InChI is InChI=1S/C36H45B4N4P4.C36H27B4N4P4.C19H17N2O.C9H12.CH5BOP.CH5BP3.B2H3P3.2Pt.H2/c2*45-37-25-29-17-9-1-2-10-18(17)30(41-29)26(38-46)32-21-13-5-6-14-22(21)34(43-32)28(40-48)36-24-16-8-7-15-23(24)35(44-36)27(39-47)33-20-12-4-3-11-19(20)31(25)42-33;1-13-3-9-17-19(16-7-5-15(11-22)6-8-16)18-10-4-14(2)21(18)12-20(13)17;1-2-5-9-7-3-6-8(9)4-1;3-1-2-4;2-5-1-4(5)3-5;1-5-2-4(5)3-5;;;/h37-39,41,43H,1-16,45-48H2;1-16,37-39H,45-48H2;3-11H,12H2,1-2H3;6-7H,1-5H2;3H,1,4H2;2-3,5H,1H2;1,3,5H;;;1H/q;-2;+1;;;;;;+2;/i2*37D,38D,39D,48D;;;4D;2D,5T;1D,5T;;;. The molecule has 12 nitrogen and oxygen atoms in total. The molecule has 5 aromatic carbocycles. The minimum absolute atomic E-state index is 0. The van der Waals surface area contributed by atoms with E-state index in [1.165, 1.54) is 133 Å². The number of aromatic nitrogens is 9. The Kier molecular flexibility index (Phi) is 29.3. The van der Waals surface area contributed by atoms with Crippen LogP contribution in [0.3, 0.4) is 0 Å². The fourth-order valence-corrected chi connectivity index (χ4v) is 56.5. The Morgan fingerprint density at radius 2 is 0.965 bits per heavy atom. The van der Waals surface area contributed by atoms with Crippen LogP contribution in [0, 0.1) is 6.92 Å². The van der Waals surface area contributed by atoms with Crippen LogP contribution in [-0.4, -0.2) is 170 Å². The maximum Gasteiger partial charge on any atom is 2.00 e. The minimum Gasteiger partial charge on any atom is 0 e. The molecule has 7 aromatic heterocycles. The molecule has 716 valence electrons. The molecule has 1 saturated carbocycles. The predicted molar refractivity (Wildman–Crippen MR) is 680 cm³/mol. The molecule has 6 aliphatic carbocycles. The fourth-order valence-electron chi connectivity index (χ4n) is 22.6. The van der Waals surface area contributed by atoms with E-state index in [4.69, 9.17) is 44.1 Å². The molecule has 6 radical (unpaired) electrons. The zero-order valence-corrected chi connectivity index (χ0v) is 99.9. The van der Waals surface area contributed by atoms with Crippen molar-refractivity contribution in [2.45, 2.75) is 155 Å². The van der Waals surface area contributed by atoms with Crippen molar-refractivity contribution < 1.29 is 58.0 Å². The molecule has 10 aliphatic heterocycles. The maximum absolute atomic E-state index is 10.9. The van der Waals surface area contributed by atoms with Gasteiger partial charge in [-0.2, -0.15) is 86.5 Å². The van der Waals surface area contributed by atoms with Gasteiger partial charge in [0.25, 0.3) is 0 Å². The molecule has 16 bridgehead atoms. The molecule has 12 aromatic rings. The van der Waals surface area contributed by atoms with Crippen molar-refractivity contribution >= 4 is 359 Å². The summed E-state index contributed by atoms with van der Waals surface area (Å²) < 4.78 is 113. The number of fused-ring (bicyclic) bond motifs is 43. The molecule has 13 unspecified atom stereocenters. The Bertz CT molecular complexity index is 8330. The topological polar surface area (TPSA) is 157 Å². The molecule has 5 fully saturated rings. The number of rotatable bonds is 16. The van der Waals surface area contributed by atoms with Crippen LogP contribution in [-0.2, 0) is 74.5 Å². The first kappa shape index (κ1) is 91.0. The number of carbonyl (C=O) groups is 1. The summed E-state index contributed by atoms with van der Waals surface area (Å²) in [5, 5.41) is 11.4. The van der Waals surface area contributed by atoms with Crippen LogP contribution in [0.25, 0.3) is 139 Å². The molecule has 0 spiro atoms. The average molecular weight is 2510 g/mol. The molecular formula is C102H116B12N10O2P15Pt2+.